The van der Waals surface area contributed by atoms with Gasteiger partial charge in [-0.05, 0) is 32.0 Å². The maximum Gasteiger partial charge on any atom is 0.254 e. The van der Waals surface area contributed by atoms with Crippen molar-refractivity contribution in [1.82, 2.24) is 19.9 Å². The molecule has 1 aliphatic rings. The number of benzene rings is 1. The van der Waals surface area contributed by atoms with E-state index in [1.807, 2.05) is 36.9 Å². The predicted octanol–water partition coefficient (Wildman–Crippen LogP) is 2.25. The fraction of sp³-hybridized carbons (Fsp3) is 0.333. The summed E-state index contributed by atoms with van der Waals surface area (Å²) in [6.07, 6.45) is 1.78. The van der Waals surface area contributed by atoms with Crippen LogP contribution in [0.15, 0.2) is 24.4 Å². The van der Waals surface area contributed by atoms with E-state index in [0.29, 0.717) is 23.8 Å². The minimum atomic E-state index is 0.0326. The monoisotopic (exact) mass is 368 g/mol. The van der Waals surface area contributed by atoms with Crippen LogP contribution in [0.3, 0.4) is 0 Å². The summed E-state index contributed by atoms with van der Waals surface area (Å²) in [7, 11) is 0. The van der Waals surface area contributed by atoms with Crippen molar-refractivity contribution in [1.29, 1.82) is 0 Å². The van der Waals surface area contributed by atoms with Crippen LogP contribution in [0.2, 0.25) is 0 Å². The first-order valence-electron chi connectivity index (χ1n) is 8.52. The third-order valence-electron chi connectivity index (χ3n) is 4.57. The van der Waals surface area contributed by atoms with Gasteiger partial charge in [0.1, 0.15) is 5.82 Å². The van der Waals surface area contributed by atoms with Gasteiger partial charge in [0.05, 0.1) is 21.6 Å². The molecular weight excluding hydrogens is 348 g/mol. The molecule has 1 saturated heterocycles. The van der Waals surface area contributed by atoms with Crippen LogP contribution >= 0.6 is 11.3 Å². The molecule has 0 spiro atoms. The van der Waals surface area contributed by atoms with Crippen molar-refractivity contribution in [2.24, 2.45) is 0 Å². The highest BCUT2D eigenvalue weighted by Crippen LogP contribution is 2.25. The lowest BCUT2D eigenvalue weighted by Crippen LogP contribution is -2.49. The Morgan fingerprint density at radius 3 is 2.69 bits per heavy atom. The maximum absolute atomic E-state index is 12.8. The highest BCUT2D eigenvalue weighted by molar-refractivity contribution is 7.22. The van der Waals surface area contributed by atoms with Gasteiger partial charge in [-0.2, -0.15) is 0 Å². The number of carbonyl (C=O) groups excluding carboxylic acids is 1. The summed E-state index contributed by atoms with van der Waals surface area (Å²) in [4.78, 5) is 30.2. The topological polar surface area (TPSA) is 88.2 Å². The summed E-state index contributed by atoms with van der Waals surface area (Å²) in [5.41, 5.74) is 9.01. The molecule has 0 aliphatic carbocycles. The number of hydrogen-bond donors (Lipinski definition) is 1. The van der Waals surface area contributed by atoms with Gasteiger partial charge in [0.25, 0.3) is 5.91 Å². The third-order valence-corrected chi connectivity index (χ3v) is 5.43. The lowest BCUT2D eigenvalue weighted by Gasteiger charge is -2.36. The van der Waals surface area contributed by atoms with Gasteiger partial charge in [0.15, 0.2) is 5.13 Å². The average Bonchev–Trinajstić information content (AvgIpc) is 3.02. The zero-order chi connectivity index (χ0) is 18.3. The van der Waals surface area contributed by atoms with Crippen molar-refractivity contribution in [2.75, 3.05) is 36.8 Å². The summed E-state index contributed by atoms with van der Waals surface area (Å²) in [5.74, 6) is 0.946. The number of anilines is 2. The lowest BCUT2D eigenvalue weighted by molar-refractivity contribution is 0.0746. The number of carbonyl (C=O) groups is 1. The highest BCUT2D eigenvalue weighted by Gasteiger charge is 2.24. The van der Waals surface area contributed by atoms with Gasteiger partial charge in [0.2, 0.25) is 0 Å². The van der Waals surface area contributed by atoms with Crippen LogP contribution in [0.1, 0.15) is 21.7 Å². The number of hydrogen-bond acceptors (Lipinski definition) is 7. The van der Waals surface area contributed by atoms with E-state index in [4.69, 9.17) is 5.73 Å². The molecule has 3 aromatic rings. The van der Waals surface area contributed by atoms with Crippen LogP contribution in [0, 0.1) is 13.8 Å². The minimum absolute atomic E-state index is 0.0326. The number of thiazole rings is 1. The molecule has 26 heavy (non-hydrogen) atoms. The van der Waals surface area contributed by atoms with Crippen molar-refractivity contribution in [3.05, 3.63) is 41.3 Å². The third kappa shape index (κ3) is 3.08. The molecule has 1 fully saturated rings. The summed E-state index contributed by atoms with van der Waals surface area (Å²) >= 11 is 1.43. The average molecular weight is 368 g/mol. The van der Waals surface area contributed by atoms with Gasteiger partial charge in [-0.25, -0.2) is 9.97 Å². The van der Waals surface area contributed by atoms with Crippen molar-refractivity contribution >= 4 is 38.4 Å². The van der Waals surface area contributed by atoms with E-state index in [2.05, 4.69) is 19.9 Å². The van der Waals surface area contributed by atoms with Gasteiger partial charge < -0.3 is 15.5 Å². The van der Waals surface area contributed by atoms with Crippen LogP contribution in [0.25, 0.3) is 10.2 Å². The molecule has 4 rings (SSSR count). The SMILES string of the molecule is Cc1cnc(C)c(N2CCN(C(=O)c3ccc4sc(N)nc4c3)CC2)n1. The van der Waals surface area contributed by atoms with E-state index in [0.717, 1.165) is 40.5 Å². The summed E-state index contributed by atoms with van der Waals surface area (Å²) in [6.45, 7) is 6.72. The van der Waals surface area contributed by atoms with E-state index >= 15 is 0 Å². The number of aryl methyl sites for hydroxylation is 2. The number of fused-ring (bicyclic) bond motifs is 1. The first-order valence-corrected chi connectivity index (χ1v) is 9.33. The molecule has 8 heteroatoms. The number of nitrogens with two attached hydrogens (primary N) is 1. The molecule has 1 amide bonds. The minimum Gasteiger partial charge on any atom is -0.375 e. The fourth-order valence-corrected chi connectivity index (χ4v) is 3.92. The van der Waals surface area contributed by atoms with Crippen LogP contribution in [0.4, 0.5) is 10.9 Å². The molecule has 2 N–H and O–H groups in total. The van der Waals surface area contributed by atoms with Crippen LogP contribution in [-0.4, -0.2) is 51.9 Å². The van der Waals surface area contributed by atoms with E-state index < -0.39 is 0 Å². The second-order valence-electron chi connectivity index (χ2n) is 6.43. The van der Waals surface area contributed by atoms with Gasteiger partial charge in [-0.15, -0.1) is 0 Å². The molecule has 0 radical (unpaired) electrons. The molecule has 0 bridgehead atoms. The van der Waals surface area contributed by atoms with Crippen molar-refractivity contribution in [3.63, 3.8) is 0 Å². The van der Waals surface area contributed by atoms with E-state index in [1.54, 1.807) is 6.20 Å². The first kappa shape index (κ1) is 16.7. The zero-order valence-corrected chi connectivity index (χ0v) is 15.6. The molecular formula is C18H20N6OS. The second-order valence-corrected chi connectivity index (χ2v) is 7.50. The first-order chi connectivity index (χ1) is 12.5. The predicted molar refractivity (Wildman–Crippen MR) is 104 cm³/mol. The molecule has 2 aromatic heterocycles. The zero-order valence-electron chi connectivity index (χ0n) is 14.8. The van der Waals surface area contributed by atoms with Gasteiger partial charge in [-0.3, -0.25) is 9.78 Å². The molecule has 7 nitrogen and oxygen atoms in total. The Hall–Kier alpha value is -2.74. The molecule has 0 atom stereocenters. The van der Waals surface area contributed by atoms with Gasteiger partial charge in [-0.1, -0.05) is 11.3 Å². The van der Waals surface area contributed by atoms with E-state index in [-0.39, 0.29) is 5.91 Å². The number of amides is 1. The normalized spacial score (nSPS) is 14.8. The largest absolute Gasteiger partial charge is 0.375 e. The van der Waals surface area contributed by atoms with Crippen molar-refractivity contribution in [2.45, 2.75) is 13.8 Å². The number of rotatable bonds is 2. The lowest BCUT2D eigenvalue weighted by atomic mass is 10.1. The number of aromatic nitrogens is 3. The van der Waals surface area contributed by atoms with E-state index in [9.17, 15) is 4.79 Å². The Labute approximate surface area is 155 Å². The summed E-state index contributed by atoms with van der Waals surface area (Å²) in [6, 6.07) is 5.59. The maximum atomic E-state index is 12.8. The molecule has 0 unspecified atom stereocenters. The molecule has 3 heterocycles. The van der Waals surface area contributed by atoms with Crippen molar-refractivity contribution < 1.29 is 4.79 Å². The van der Waals surface area contributed by atoms with Gasteiger partial charge >= 0.3 is 0 Å². The molecule has 1 aliphatic heterocycles. The Bertz CT molecular complexity index is 977. The standard InChI is InChI=1S/C18H20N6OS/c1-11-10-20-12(2)16(21-11)23-5-7-24(8-6-23)17(25)13-3-4-15-14(9-13)22-18(19)26-15/h3-4,9-10H,5-8H2,1-2H3,(H2,19,22). The van der Waals surface area contributed by atoms with E-state index in [1.165, 1.54) is 11.3 Å². The Kier molecular flexibility index (Phi) is 4.20. The van der Waals surface area contributed by atoms with Crippen LogP contribution < -0.4 is 10.6 Å². The molecule has 1 aromatic carbocycles. The summed E-state index contributed by atoms with van der Waals surface area (Å²) in [5, 5.41) is 0.521. The highest BCUT2D eigenvalue weighted by atomic mass is 32.1. The number of piperazine rings is 1. The summed E-state index contributed by atoms with van der Waals surface area (Å²) < 4.78 is 0.998. The fourth-order valence-electron chi connectivity index (χ4n) is 3.21. The Balaban J connectivity index is 1.48. The Morgan fingerprint density at radius 2 is 1.92 bits per heavy atom. The molecule has 134 valence electrons. The molecule has 0 saturated carbocycles. The van der Waals surface area contributed by atoms with Gasteiger partial charge in [0, 0.05) is 37.9 Å². The van der Waals surface area contributed by atoms with Crippen molar-refractivity contribution in [3.8, 4) is 0 Å². The number of nitrogens with zero attached hydrogens (tertiary/aromatic N) is 5. The number of nitrogen functional groups attached to an aromatic ring is 1. The Morgan fingerprint density at radius 1 is 1.15 bits per heavy atom. The second kappa shape index (κ2) is 6.53. The van der Waals surface area contributed by atoms with Crippen LogP contribution in [0.5, 0.6) is 0 Å². The smallest absolute Gasteiger partial charge is 0.254 e. The van der Waals surface area contributed by atoms with Crippen LogP contribution in [-0.2, 0) is 0 Å². The quantitative estimate of drug-likeness (QED) is 0.746.